The molecule has 0 spiro atoms. The van der Waals surface area contributed by atoms with E-state index in [0.717, 1.165) is 18.5 Å². The maximum atomic E-state index is 11.8. The Morgan fingerprint density at radius 2 is 2.47 bits per heavy atom. The summed E-state index contributed by atoms with van der Waals surface area (Å²) in [5.74, 6) is 0.164. The first kappa shape index (κ1) is 10.6. The van der Waals surface area contributed by atoms with Crippen molar-refractivity contribution >= 4 is 10.0 Å². The summed E-state index contributed by atoms with van der Waals surface area (Å²) in [5.41, 5.74) is 0.893. The fraction of sp³-hybridized carbons (Fsp3) is 0.667. The van der Waals surface area contributed by atoms with Gasteiger partial charge in [0.15, 0.2) is 0 Å². The molecule has 2 rings (SSSR count). The summed E-state index contributed by atoms with van der Waals surface area (Å²) in [6.45, 7) is 2.30. The first-order chi connectivity index (χ1) is 7.15. The van der Waals surface area contributed by atoms with Crippen molar-refractivity contribution in [2.24, 2.45) is 0 Å². The molecule has 1 aromatic rings. The molecule has 1 aliphatic rings. The maximum Gasteiger partial charge on any atom is 0.214 e. The van der Waals surface area contributed by atoms with Crippen LogP contribution in [0.1, 0.15) is 31.5 Å². The Balaban J connectivity index is 2.27. The van der Waals surface area contributed by atoms with E-state index in [2.05, 4.69) is 10.2 Å². The van der Waals surface area contributed by atoms with Gasteiger partial charge in [0.1, 0.15) is 0 Å². The van der Waals surface area contributed by atoms with E-state index in [1.165, 1.54) is 0 Å². The van der Waals surface area contributed by atoms with Gasteiger partial charge in [-0.25, -0.2) is 8.42 Å². The molecule has 15 heavy (non-hydrogen) atoms. The van der Waals surface area contributed by atoms with Gasteiger partial charge in [0.2, 0.25) is 10.0 Å². The predicted octanol–water partition coefficient (Wildman–Crippen LogP) is 0.896. The molecule has 1 atom stereocenters. The Bertz CT molecular complexity index is 413. The quantitative estimate of drug-likeness (QED) is 0.837. The molecule has 1 aromatic heterocycles. The minimum Gasteiger partial charge on any atom is -0.281 e. The van der Waals surface area contributed by atoms with Gasteiger partial charge in [-0.3, -0.25) is 5.10 Å². The zero-order valence-electron chi connectivity index (χ0n) is 8.68. The van der Waals surface area contributed by atoms with Crippen LogP contribution in [0.15, 0.2) is 12.3 Å². The molecule has 2 heterocycles. The van der Waals surface area contributed by atoms with E-state index < -0.39 is 10.0 Å². The molecule has 84 valence electrons. The molecule has 0 aromatic carbocycles. The normalized spacial score (nSPS) is 23.4. The van der Waals surface area contributed by atoms with Gasteiger partial charge in [0, 0.05) is 12.7 Å². The topological polar surface area (TPSA) is 66.1 Å². The minimum atomic E-state index is -3.09. The fourth-order valence-electron chi connectivity index (χ4n) is 2.00. The van der Waals surface area contributed by atoms with Crippen molar-refractivity contribution in [1.29, 1.82) is 0 Å². The first-order valence-corrected chi connectivity index (χ1v) is 6.75. The number of aromatic amines is 1. The monoisotopic (exact) mass is 229 g/mol. The molecule has 1 aliphatic heterocycles. The smallest absolute Gasteiger partial charge is 0.214 e. The lowest BCUT2D eigenvalue weighted by molar-refractivity contribution is 0.391. The van der Waals surface area contributed by atoms with Crippen LogP contribution in [0.3, 0.4) is 0 Å². The van der Waals surface area contributed by atoms with E-state index in [1.807, 2.05) is 6.07 Å². The average Bonchev–Trinajstić information content (AvgIpc) is 2.87. The molecule has 0 amide bonds. The second-order valence-electron chi connectivity index (χ2n) is 3.68. The third kappa shape index (κ3) is 1.91. The molecule has 5 nitrogen and oxygen atoms in total. The van der Waals surface area contributed by atoms with E-state index in [-0.39, 0.29) is 11.8 Å². The van der Waals surface area contributed by atoms with Crippen molar-refractivity contribution in [2.75, 3.05) is 12.3 Å². The van der Waals surface area contributed by atoms with Crippen LogP contribution in [0.4, 0.5) is 0 Å². The molecule has 1 N–H and O–H groups in total. The molecule has 1 fully saturated rings. The lowest BCUT2D eigenvalue weighted by atomic mass is 10.2. The van der Waals surface area contributed by atoms with Gasteiger partial charge in [0.05, 0.1) is 17.5 Å². The molecular formula is C9H15N3O2S. The zero-order chi connectivity index (χ0) is 10.9. The van der Waals surface area contributed by atoms with Gasteiger partial charge in [-0.2, -0.15) is 9.40 Å². The number of hydrogen-bond acceptors (Lipinski definition) is 3. The van der Waals surface area contributed by atoms with Gasteiger partial charge in [-0.1, -0.05) is 0 Å². The first-order valence-electron chi connectivity index (χ1n) is 5.14. The molecular weight excluding hydrogens is 214 g/mol. The molecule has 6 heteroatoms. The second-order valence-corrected chi connectivity index (χ2v) is 5.89. The molecule has 0 saturated carbocycles. The van der Waals surface area contributed by atoms with Crippen LogP contribution in [0.2, 0.25) is 0 Å². The third-order valence-corrected chi connectivity index (χ3v) is 4.69. The van der Waals surface area contributed by atoms with Crippen LogP contribution >= 0.6 is 0 Å². The van der Waals surface area contributed by atoms with Gasteiger partial charge in [-0.15, -0.1) is 0 Å². The Hall–Kier alpha value is -0.880. The van der Waals surface area contributed by atoms with E-state index in [9.17, 15) is 8.42 Å². The highest BCUT2D eigenvalue weighted by molar-refractivity contribution is 7.89. The van der Waals surface area contributed by atoms with Crippen molar-refractivity contribution < 1.29 is 8.42 Å². The summed E-state index contributed by atoms with van der Waals surface area (Å²) in [6, 6.07) is 1.80. The Kier molecular flexibility index (Phi) is 2.79. The molecule has 0 bridgehead atoms. The van der Waals surface area contributed by atoms with Crippen LogP contribution in [-0.2, 0) is 10.0 Å². The number of hydrogen-bond donors (Lipinski definition) is 1. The summed E-state index contributed by atoms with van der Waals surface area (Å²) in [5, 5.41) is 6.71. The molecule has 0 radical (unpaired) electrons. The van der Waals surface area contributed by atoms with Crippen LogP contribution < -0.4 is 0 Å². The second kappa shape index (κ2) is 3.94. The largest absolute Gasteiger partial charge is 0.281 e. The van der Waals surface area contributed by atoms with Gasteiger partial charge < -0.3 is 0 Å². The molecule has 0 unspecified atom stereocenters. The lowest BCUT2D eigenvalue weighted by Crippen LogP contribution is -2.32. The minimum absolute atomic E-state index is 0.0440. The highest BCUT2D eigenvalue weighted by Crippen LogP contribution is 2.32. The van der Waals surface area contributed by atoms with E-state index >= 15 is 0 Å². The zero-order valence-corrected chi connectivity index (χ0v) is 9.50. The summed E-state index contributed by atoms with van der Waals surface area (Å²) < 4.78 is 25.2. The van der Waals surface area contributed by atoms with Crippen molar-refractivity contribution in [3.63, 3.8) is 0 Å². The van der Waals surface area contributed by atoms with Crippen LogP contribution in [0, 0.1) is 0 Å². The highest BCUT2D eigenvalue weighted by atomic mass is 32.2. The van der Waals surface area contributed by atoms with Gasteiger partial charge in [-0.05, 0) is 25.8 Å². The number of sulfonamides is 1. The average molecular weight is 229 g/mol. The van der Waals surface area contributed by atoms with Crippen molar-refractivity contribution in [2.45, 2.75) is 25.8 Å². The number of nitrogens with one attached hydrogen (secondary N) is 1. The van der Waals surface area contributed by atoms with E-state index in [0.29, 0.717) is 6.54 Å². The van der Waals surface area contributed by atoms with Crippen molar-refractivity contribution in [3.8, 4) is 0 Å². The molecule has 0 aliphatic carbocycles. The van der Waals surface area contributed by atoms with Crippen molar-refractivity contribution in [1.82, 2.24) is 14.5 Å². The fourth-order valence-corrected chi connectivity index (χ4v) is 3.35. The number of nitrogens with zero attached hydrogens (tertiary/aromatic N) is 2. The summed E-state index contributed by atoms with van der Waals surface area (Å²) >= 11 is 0. The summed E-state index contributed by atoms with van der Waals surface area (Å²) in [6.07, 6.45) is 3.45. The predicted molar refractivity (Wildman–Crippen MR) is 56.7 cm³/mol. The summed E-state index contributed by atoms with van der Waals surface area (Å²) in [7, 11) is -3.09. The third-order valence-electron chi connectivity index (χ3n) is 2.81. The Morgan fingerprint density at radius 3 is 3.07 bits per heavy atom. The van der Waals surface area contributed by atoms with Gasteiger partial charge >= 0.3 is 0 Å². The van der Waals surface area contributed by atoms with E-state index in [1.54, 1.807) is 17.4 Å². The van der Waals surface area contributed by atoms with Crippen molar-refractivity contribution in [3.05, 3.63) is 18.0 Å². The van der Waals surface area contributed by atoms with Gasteiger partial charge in [0.25, 0.3) is 0 Å². The Morgan fingerprint density at radius 1 is 1.67 bits per heavy atom. The SMILES string of the molecule is CCS(=O)(=O)N1CCC[C@H]1c1ccn[nH]1. The number of aromatic nitrogens is 2. The molecule has 1 saturated heterocycles. The van der Waals surface area contributed by atoms with E-state index in [4.69, 9.17) is 0 Å². The van der Waals surface area contributed by atoms with Crippen LogP contribution in [0.5, 0.6) is 0 Å². The highest BCUT2D eigenvalue weighted by Gasteiger charge is 2.34. The Labute approximate surface area is 89.5 Å². The summed E-state index contributed by atoms with van der Waals surface area (Å²) in [4.78, 5) is 0. The maximum absolute atomic E-state index is 11.8. The lowest BCUT2D eigenvalue weighted by Gasteiger charge is -2.22. The number of H-pyrrole nitrogens is 1. The standard InChI is InChI=1S/C9H15N3O2S/c1-2-15(13,14)12-7-3-4-9(12)8-5-6-10-11-8/h5-6,9H,2-4,7H2,1H3,(H,10,11)/t9-/m0/s1. The van der Waals surface area contributed by atoms with Crippen LogP contribution in [0.25, 0.3) is 0 Å². The number of rotatable bonds is 3. The van der Waals surface area contributed by atoms with Crippen LogP contribution in [-0.4, -0.2) is 35.2 Å².